The molecule has 3 aromatic rings. The number of non-ortho nitro benzene ring substituents is 1. The Morgan fingerprint density at radius 3 is 2.38 bits per heavy atom. The maximum absolute atomic E-state index is 13.2. The Morgan fingerprint density at radius 2 is 1.73 bits per heavy atom. The average molecular weight is 526 g/mol. The molecule has 0 unspecified atom stereocenters. The van der Waals surface area contributed by atoms with Crippen LogP contribution in [0.5, 0.6) is 11.5 Å². The van der Waals surface area contributed by atoms with Crippen molar-refractivity contribution in [3.05, 3.63) is 104 Å². The highest BCUT2D eigenvalue weighted by Gasteiger charge is 2.33. The van der Waals surface area contributed by atoms with Crippen LogP contribution in [0.4, 0.5) is 14.9 Å². The standard InChI is InChI=1S/C26H21ClFN3O6/c1-2-36-23-13-18(11-21(27)24(23)37-15-17-5-9-20(10-6-17)31(34)35)12-22-25(32)30(26(33)29-22)14-16-3-7-19(28)8-4-16/h3-13H,2,14-15H2,1H3,(H,29,33)/b22-12+. The van der Waals surface area contributed by atoms with Crippen molar-refractivity contribution in [3.63, 3.8) is 0 Å². The van der Waals surface area contributed by atoms with Gasteiger partial charge in [-0.3, -0.25) is 19.8 Å². The highest BCUT2D eigenvalue weighted by Crippen LogP contribution is 2.38. The molecule has 3 amide bonds. The van der Waals surface area contributed by atoms with E-state index in [-0.39, 0.29) is 35.3 Å². The number of hydrogen-bond donors (Lipinski definition) is 1. The molecule has 1 N–H and O–H groups in total. The Hall–Kier alpha value is -4.44. The summed E-state index contributed by atoms with van der Waals surface area (Å²) in [5, 5.41) is 13.6. The molecule has 4 rings (SSSR count). The summed E-state index contributed by atoms with van der Waals surface area (Å²) >= 11 is 6.47. The summed E-state index contributed by atoms with van der Waals surface area (Å²) in [5.74, 6) is -0.363. The van der Waals surface area contributed by atoms with E-state index in [4.69, 9.17) is 21.1 Å². The minimum atomic E-state index is -0.597. The fourth-order valence-electron chi connectivity index (χ4n) is 3.60. The zero-order valence-electron chi connectivity index (χ0n) is 19.6. The monoisotopic (exact) mass is 525 g/mol. The summed E-state index contributed by atoms with van der Waals surface area (Å²) in [7, 11) is 0. The van der Waals surface area contributed by atoms with Gasteiger partial charge in [-0.15, -0.1) is 0 Å². The van der Waals surface area contributed by atoms with Crippen molar-refractivity contribution in [1.29, 1.82) is 0 Å². The van der Waals surface area contributed by atoms with E-state index in [1.165, 1.54) is 42.5 Å². The molecule has 37 heavy (non-hydrogen) atoms. The topological polar surface area (TPSA) is 111 Å². The lowest BCUT2D eigenvalue weighted by Crippen LogP contribution is -2.30. The second-order valence-electron chi connectivity index (χ2n) is 7.98. The number of benzene rings is 3. The summed E-state index contributed by atoms with van der Waals surface area (Å²) in [6.45, 7) is 2.17. The van der Waals surface area contributed by atoms with Crippen LogP contribution in [-0.4, -0.2) is 28.4 Å². The third kappa shape index (κ3) is 6.04. The van der Waals surface area contributed by atoms with Gasteiger partial charge in [0.2, 0.25) is 0 Å². The van der Waals surface area contributed by atoms with Crippen LogP contribution >= 0.6 is 11.6 Å². The molecule has 1 aliphatic rings. The number of rotatable bonds is 9. The Morgan fingerprint density at radius 1 is 1.05 bits per heavy atom. The summed E-state index contributed by atoms with van der Waals surface area (Å²) in [6.07, 6.45) is 1.47. The molecule has 0 atom stereocenters. The van der Waals surface area contributed by atoms with Gasteiger partial charge in [-0.2, -0.15) is 0 Å². The van der Waals surface area contributed by atoms with E-state index in [0.717, 1.165) is 4.90 Å². The maximum Gasteiger partial charge on any atom is 0.329 e. The van der Waals surface area contributed by atoms with Crippen molar-refractivity contribution >= 4 is 35.3 Å². The molecular formula is C26H21ClFN3O6. The van der Waals surface area contributed by atoms with Crippen molar-refractivity contribution in [2.24, 2.45) is 0 Å². The zero-order valence-corrected chi connectivity index (χ0v) is 20.3. The number of ether oxygens (including phenoxy) is 2. The highest BCUT2D eigenvalue weighted by molar-refractivity contribution is 6.32. The quantitative estimate of drug-likeness (QED) is 0.172. The van der Waals surface area contributed by atoms with Gasteiger partial charge in [0, 0.05) is 12.1 Å². The van der Waals surface area contributed by atoms with E-state index in [2.05, 4.69) is 5.32 Å². The smallest absolute Gasteiger partial charge is 0.329 e. The van der Waals surface area contributed by atoms with Crippen LogP contribution in [-0.2, 0) is 17.9 Å². The lowest BCUT2D eigenvalue weighted by molar-refractivity contribution is -0.384. The molecule has 190 valence electrons. The van der Waals surface area contributed by atoms with Crippen LogP contribution in [0.2, 0.25) is 5.02 Å². The first kappa shape index (κ1) is 25.6. The Bertz CT molecular complexity index is 1380. The number of halogens is 2. The predicted molar refractivity (Wildman–Crippen MR) is 134 cm³/mol. The van der Waals surface area contributed by atoms with Gasteiger partial charge in [-0.1, -0.05) is 23.7 Å². The predicted octanol–water partition coefficient (Wildman–Crippen LogP) is 5.46. The van der Waals surface area contributed by atoms with Crippen molar-refractivity contribution < 1.29 is 28.4 Å². The number of amides is 3. The van der Waals surface area contributed by atoms with Gasteiger partial charge >= 0.3 is 6.03 Å². The zero-order chi connectivity index (χ0) is 26.5. The average Bonchev–Trinajstić information content (AvgIpc) is 3.12. The third-order valence-corrected chi connectivity index (χ3v) is 5.67. The van der Waals surface area contributed by atoms with E-state index in [1.54, 1.807) is 31.2 Å². The number of carbonyl (C=O) groups excluding carboxylic acids is 2. The molecule has 0 saturated carbocycles. The van der Waals surface area contributed by atoms with Crippen LogP contribution in [0.25, 0.3) is 6.08 Å². The van der Waals surface area contributed by atoms with E-state index in [1.807, 2.05) is 0 Å². The molecule has 0 radical (unpaired) electrons. The van der Waals surface area contributed by atoms with E-state index < -0.39 is 22.7 Å². The molecular weight excluding hydrogens is 505 g/mol. The van der Waals surface area contributed by atoms with Crippen molar-refractivity contribution in [1.82, 2.24) is 10.2 Å². The minimum Gasteiger partial charge on any atom is -0.490 e. The SMILES string of the molecule is CCOc1cc(/C=C2/NC(=O)N(Cc3ccc(F)cc3)C2=O)cc(Cl)c1OCc1ccc([N+](=O)[O-])cc1. The summed E-state index contributed by atoms with van der Waals surface area (Å²) in [6, 6.07) is 14.0. The highest BCUT2D eigenvalue weighted by atomic mass is 35.5. The van der Waals surface area contributed by atoms with Gasteiger partial charge in [-0.25, -0.2) is 9.18 Å². The molecule has 0 spiro atoms. The molecule has 1 aliphatic heterocycles. The lowest BCUT2D eigenvalue weighted by Gasteiger charge is -2.15. The number of nitrogens with zero attached hydrogens (tertiary/aromatic N) is 2. The van der Waals surface area contributed by atoms with Gasteiger partial charge < -0.3 is 14.8 Å². The summed E-state index contributed by atoms with van der Waals surface area (Å²) < 4.78 is 24.7. The molecule has 11 heteroatoms. The summed E-state index contributed by atoms with van der Waals surface area (Å²) in [5.41, 5.74) is 1.80. The maximum atomic E-state index is 13.2. The molecule has 1 saturated heterocycles. The molecule has 1 heterocycles. The Labute approximate surface area is 216 Å². The van der Waals surface area contributed by atoms with Crippen molar-refractivity contribution in [3.8, 4) is 11.5 Å². The largest absolute Gasteiger partial charge is 0.490 e. The second-order valence-corrected chi connectivity index (χ2v) is 8.39. The third-order valence-electron chi connectivity index (χ3n) is 5.39. The first-order valence-corrected chi connectivity index (χ1v) is 11.5. The lowest BCUT2D eigenvalue weighted by atomic mass is 10.1. The van der Waals surface area contributed by atoms with Gasteiger partial charge in [-0.05, 0) is 66.1 Å². The van der Waals surface area contributed by atoms with Crippen LogP contribution in [0, 0.1) is 15.9 Å². The van der Waals surface area contributed by atoms with Gasteiger partial charge in [0.1, 0.15) is 18.1 Å². The summed E-state index contributed by atoms with van der Waals surface area (Å²) in [4.78, 5) is 36.6. The normalized spacial score (nSPS) is 14.1. The minimum absolute atomic E-state index is 0.0112. The van der Waals surface area contributed by atoms with E-state index in [9.17, 15) is 24.1 Å². The van der Waals surface area contributed by atoms with Crippen molar-refractivity contribution in [2.45, 2.75) is 20.1 Å². The van der Waals surface area contributed by atoms with Crippen LogP contribution in [0.15, 0.2) is 66.4 Å². The van der Waals surface area contributed by atoms with E-state index >= 15 is 0 Å². The number of imide groups is 1. The van der Waals surface area contributed by atoms with Crippen LogP contribution in [0.1, 0.15) is 23.6 Å². The number of carbonyl (C=O) groups is 2. The number of urea groups is 1. The number of nitrogens with one attached hydrogen (secondary N) is 1. The number of nitro groups is 1. The second kappa shape index (κ2) is 11.1. The van der Waals surface area contributed by atoms with Gasteiger partial charge in [0.15, 0.2) is 11.5 Å². The van der Waals surface area contributed by atoms with Crippen LogP contribution < -0.4 is 14.8 Å². The Kier molecular flexibility index (Phi) is 7.69. The fraction of sp³-hybridized carbons (Fsp3) is 0.154. The molecule has 3 aromatic carbocycles. The first-order chi connectivity index (χ1) is 17.7. The van der Waals surface area contributed by atoms with Gasteiger partial charge in [0.05, 0.1) is 23.1 Å². The number of hydrogen-bond acceptors (Lipinski definition) is 6. The van der Waals surface area contributed by atoms with Crippen LogP contribution in [0.3, 0.4) is 0 Å². The van der Waals surface area contributed by atoms with Gasteiger partial charge in [0.25, 0.3) is 11.6 Å². The molecule has 9 nitrogen and oxygen atoms in total. The Balaban J connectivity index is 1.52. The van der Waals surface area contributed by atoms with E-state index in [0.29, 0.717) is 29.0 Å². The molecule has 0 bridgehead atoms. The molecule has 1 fully saturated rings. The fourth-order valence-corrected chi connectivity index (χ4v) is 3.87. The van der Waals surface area contributed by atoms with Crippen molar-refractivity contribution in [2.75, 3.05) is 6.61 Å². The molecule has 0 aliphatic carbocycles. The first-order valence-electron chi connectivity index (χ1n) is 11.2. The number of nitro benzene ring substituents is 1. The molecule has 0 aromatic heterocycles.